The zero-order chi connectivity index (χ0) is 13.3. The molecule has 5 heteroatoms. The van der Waals surface area contributed by atoms with Gasteiger partial charge in [-0.15, -0.1) is 0 Å². The third-order valence-corrected chi connectivity index (χ3v) is 3.46. The molecule has 0 bridgehead atoms. The standard InChI is InChI=1S/C12H25NO4/c1-10(2)5-9(11(3,4)17-10)13-12(6-14,7-15)8-16/h9,13-16H,5-8H2,1-4H3. The van der Waals surface area contributed by atoms with E-state index in [0.29, 0.717) is 0 Å². The summed E-state index contributed by atoms with van der Waals surface area (Å²) in [6, 6.07) is -0.0241. The summed E-state index contributed by atoms with van der Waals surface area (Å²) >= 11 is 0. The van der Waals surface area contributed by atoms with E-state index in [2.05, 4.69) is 5.32 Å². The Labute approximate surface area is 103 Å². The van der Waals surface area contributed by atoms with E-state index in [9.17, 15) is 15.3 Å². The number of nitrogens with one attached hydrogen (secondary N) is 1. The zero-order valence-electron chi connectivity index (χ0n) is 11.2. The van der Waals surface area contributed by atoms with E-state index in [4.69, 9.17) is 4.74 Å². The number of aliphatic hydroxyl groups excluding tert-OH is 3. The van der Waals surface area contributed by atoms with Crippen LogP contribution in [-0.2, 0) is 4.74 Å². The van der Waals surface area contributed by atoms with Crippen molar-refractivity contribution in [1.82, 2.24) is 5.32 Å². The summed E-state index contributed by atoms with van der Waals surface area (Å²) in [6.07, 6.45) is 0.766. The molecule has 0 aliphatic carbocycles. The van der Waals surface area contributed by atoms with Gasteiger partial charge in [-0.05, 0) is 34.1 Å². The summed E-state index contributed by atoms with van der Waals surface area (Å²) in [5.41, 5.74) is -1.69. The molecule has 102 valence electrons. The van der Waals surface area contributed by atoms with E-state index in [0.717, 1.165) is 6.42 Å². The predicted octanol–water partition coefficient (Wildman–Crippen LogP) is -0.362. The van der Waals surface area contributed by atoms with Gasteiger partial charge in [0.25, 0.3) is 0 Å². The fourth-order valence-electron chi connectivity index (χ4n) is 2.44. The van der Waals surface area contributed by atoms with Crippen molar-refractivity contribution in [3.8, 4) is 0 Å². The predicted molar refractivity (Wildman–Crippen MR) is 64.8 cm³/mol. The largest absolute Gasteiger partial charge is 0.394 e. The first-order valence-electron chi connectivity index (χ1n) is 6.01. The summed E-state index contributed by atoms with van der Waals surface area (Å²) in [4.78, 5) is 0. The third kappa shape index (κ3) is 3.17. The second kappa shape index (κ2) is 4.82. The van der Waals surface area contributed by atoms with E-state index in [1.54, 1.807) is 0 Å². The normalized spacial score (nSPS) is 27.4. The van der Waals surface area contributed by atoms with Crippen molar-refractivity contribution in [3.05, 3.63) is 0 Å². The Morgan fingerprint density at radius 1 is 1.12 bits per heavy atom. The van der Waals surface area contributed by atoms with Crippen LogP contribution in [0.4, 0.5) is 0 Å². The Balaban J connectivity index is 2.80. The molecule has 0 aromatic carbocycles. The molecule has 1 unspecified atom stereocenters. The molecule has 1 atom stereocenters. The quantitative estimate of drug-likeness (QED) is 0.533. The van der Waals surface area contributed by atoms with Crippen molar-refractivity contribution < 1.29 is 20.1 Å². The van der Waals surface area contributed by atoms with Crippen LogP contribution in [0.2, 0.25) is 0 Å². The highest BCUT2D eigenvalue weighted by Gasteiger charge is 2.48. The molecule has 1 fully saturated rings. The Morgan fingerprint density at radius 2 is 1.59 bits per heavy atom. The van der Waals surface area contributed by atoms with E-state index in [1.807, 2.05) is 27.7 Å². The minimum absolute atomic E-state index is 0.0241. The smallest absolute Gasteiger partial charge is 0.0884 e. The van der Waals surface area contributed by atoms with Gasteiger partial charge < -0.3 is 20.1 Å². The lowest BCUT2D eigenvalue weighted by Crippen LogP contribution is -2.61. The van der Waals surface area contributed by atoms with Crippen LogP contribution < -0.4 is 5.32 Å². The first kappa shape index (κ1) is 14.9. The van der Waals surface area contributed by atoms with Crippen LogP contribution in [0.25, 0.3) is 0 Å². The first-order valence-corrected chi connectivity index (χ1v) is 6.01. The Morgan fingerprint density at radius 3 is 1.88 bits per heavy atom. The molecular weight excluding hydrogens is 222 g/mol. The molecule has 0 amide bonds. The van der Waals surface area contributed by atoms with Gasteiger partial charge in [0.1, 0.15) is 0 Å². The van der Waals surface area contributed by atoms with Crippen molar-refractivity contribution in [2.24, 2.45) is 0 Å². The highest BCUT2D eigenvalue weighted by Crippen LogP contribution is 2.37. The maximum absolute atomic E-state index is 9.31. The maximum Gasteiger partial charge on any atom is 0.0884 e. The highest BCUT2D eigenvalue weighted by molar-refractivity contribution is 5.03. The minimum Gasteiger partial charge on any atom is -0.394 e. The lowest BCUT2D eigenvalue weighted by Gasteiger charge is -2.36. The van der Waals surface area contributed by atoms with Crippen LogP contribution in [-0.4, -0.2) is 57.9 Å². The molecule has 0 aromatic rings. The van der Waals surface area contributed by atoms with Gasteiger partial charge in [-0.2, -0.15) is 0 Å². The van der Waals surface area contributed by atoms with Crippen molar-refractivity contribution in [2.75, 3.05) is 19.8 Å². The van der Waals surface area contributed by atoms with Crippen molar-refractivity contribution in [1.29, 1.82) is 0 Å². The summed E-state index contributed by atoms with van der Waals surface area (Å²) in [7, 11) is 0. The Kier molecular flexibility index (Phi) is 4.21. The van der Waals surface area contributed by atoms with E-state index in [1.165, 1.54) is 0 Å². The molecule has 1 aliphatic heterocycles. The minimum atomic E-state index is -1.05. The van der Waals surface area contributed by atoms with E-state index < -0.39 is 11.1 Å². The van der Waals surface area contributed by atoms with Crippen LogP contribution in [0.5, 0.6) is 0 Å². The average molecular weight is 247 g/mol. The van der Waals surface area contributed by atoms with Crippen molar-refractivity contribution in [3.63, 3.8) is 0 Å². The number of rotatable bonds is 5. The Bertz CT molecular complexity index is 253. The topological polar surface area (TPSA) is 82.0 Å². The van der Waals surface area contributed by atoms with Gasteiger partial charge in [-0.25, -0.2) is 0 Å². The number of hydrogen-bond donors (Lipinski definition) is 4. The summed E-state index contributed by atoms with van der Waals surface area (Å²) in [6.45, 7) is 7.02. The molecule has 1 saturated heterocycles. The molecule has 17 heavy (non-hydrogen) atoms. The van der Waals surface area contributed by atoms with Crippen LogP contribution in [0, 0.1) is 0 Å². The molecule has 0 radical (unpaired) electrons. The van der Waals surface area contributed by atoms with Gasteiger partial charge in [0.2, 0.25) is 0 Å². The van der Waals surface area contributed by atoms with E-state index in [-0.39, 0.29) is 31.5 Å². The number of hydrogen-bond acceptors (Lipinski definition) is 5. The highest BCUT2D eigenvalue weighted by atomic mass is 16.5. The third-order valence-electron chi connectivity index (χ3n) is 3.46. The number of ether oxygens (including phenoxy) is 1. The second-order valence-corrected chi connectivity index (χ2v) is 6.12. The zero-order valence-corrected chi connectivity index (χ0v) is 11.2. The summed E-state index contributed by atoms with van der Waals surface area (Å²) in [5.74, 6) is 0. The van der Waals surface area contributed by atoms with Crippen molar-refractivity contribution in [2.45, 2.75) is 56.9 Å². The Hall–Kier alpha value is -0.200. The van der Waals surface area contributed by atoms with Crippen molar-refractivity contribution >= 4 is 0 Å². The summed E-state index contributed by atoms with van der Waals surface area (Å²) in [5, 5.41) is 31.1. The monoisotopic (exact) mass is 247 g/mol. The van der Waals surface area contributed by atoms with Gasteiger partial charge in [0, 0.05) is 6.04 Å². The SMILES string of the molecule is CC1(C)CC(NC(CO)(CO)CO)C(C)(C)O1. The van der Waals surface area contributed by atoms with Gasteiger partial charge in [-0.1, -0.05) is 0 Å². The second-order valence-electron chi connectivity index (χ2n) is 6.12. The molecule has 0 spiro atoms. The van der Waals surface area contributed by atoms with Crippen LogP contribution in [0.15, 0.2) is 0 Å². The molecule has 1 aliphatic rings. The molecule has 5 nitrogen and oxygen atoms in total. The molecule has 0 saturated carbocycles. The van der Waals surface area contributed by atoms with Gasteiger partial charge in [-0.3, -0.25) is 5.32 Å². The fourth-order valence-corrected chi connectivity index (χ4v) is 2.44. The number of aliphatic hydroxyl groups is 3. The van der Waals surface area contributed by atoms with Gasteiger partial charge in [0.05, 0.1) is 36.6 Å². The average Bonchev–Trinajstić information content (AvgIpc) is 2.43. The van der Waals surface area contributed by atoms with E-state index >= 15 is 0 Å². The van der Waals surface area contributed by atoms with Crippen LogP contribution >= 0.6 is 0 Å². The van der Waals surface area contributed by atoms with Crippen LogP contribution in [0.3, 0.4) is 0 Å². The fraction of sp³-hybridized carbons (Fsp3) is 1.00. The molecule has 1 rings (SSSR count). The molecule has 4 N–H and O–H groups in total. The first-order chi connectivity index (χ1) is 7.70. The lowest BCUT2D eigenvalue weighted by atomic mass is 9.91. The molecule has 0 aromatic heterocycles. The molecule has 1 heterocycles. The molecular formula is C12H25NO4. The maximum atomic E-state index is 9.31. The van der Waals surface area contributed by atoms with Gasteiger partial charge in [0.15, 0.2) is 0 Å². The lowest BCUT2D eigenvalue weighted by molar-refractivity contribution is -0.0749. The van der Waals surface area contributed by atoms with Gasteiger partial charge >= 0.3 is 0 Å². The van der Waals surface area contributed by atoms with Crippen LogP contribution in [0.1, 0.15) is 34.1 Å². The summed E-state index contributed by atoms with van der Waals surface area (Å²) < 4.78 is 5.92.